The molecule has 1 unspecified atom stereocenters. The molecule has 174 valence electrons. The molecule has 0 bridgehead atoms. The van der Waals surface area contributed by atoms with Gasteiger partial charge in [0.25, 0.3) is 5.89 Å². The molecule has 3 aromatic rings. The molecule has 4 rings (SSSR count). The summed E-state index contributed by atoms with van der Waals surface area (Å²) in [7, 11) is 3.99. The van der Waals surface area contributed by atoms with Crippen molar-refractivity contribution < 1.29 is 18.8 Å². The van der Waals surface area contributed by atoms with Crippen molar-refractivity contribution >= 4 is 11.6 Å². The first-order valence-electron chi connectivity index (χ1n) is 11.3. The summed E-state index contributed by atoms with van der Waals surface area (Å²) in [6.07, 6.45) is 0.369. The van der Waals surface area contributed by atoms with Gasteiger partial charge in [-0.15, -0.1) is 0 Å². The van der Waals surface area contributed by atoms with Crippen LogP contribution in [0, 0.1) is 0 Å². The first kappa shape index (κ1) is 22.6. The fourth-order valence-corrected chi connectivity index (χ4v) is 3.93. The SMILES string of the molecule is CCOc1ccc(CN2CC(c3noc(-c4ccc(N(C)C)cc4)n3)CC2=O)cc1OCC. The molecule has 8 nitrogen and oxygen atoms in total. The largest absolute Gasteiger partial charge is 0.490 e. The van der Waals surface area contributed by atoms with Crippen LogP contribution in [0.15, 0.2) is 47.0 Å². The fraction of sp³-hybridized carbons (Fsp3) is 0.400. The Labute approximate surface area is 194 Å². The maximum Gasteiger partial charge on any atom is 0.257 e. The van der Waals surface area contributed by atoms with Gasteiger partial charge in [0.05, 0.1) is 13.2 Å². The smallest absolute Gasteiger partial charge is 0.257 e. The lowest BCUT2D eigenvalue weighted by Crippen LogP contribution is -2.24. The molecule has 0 N–H and O–H groups in total. The Morgan fingerprint density at radius 2 is 1.79 bits per heavy atom. The molecule has 1 saturated heterocycles. The van der Waals surface area contributed by atoms with Crippen LogP contribution >= 0.6 is 0 Å². The molecule has 1 fully saturated rings. The van der Waals surface area contributed by atoms with Gasteiger partial charge in [0.15, 0.2) is 17.3 Å². The lowest BCUT2D eigenvalue weighted by Gasteiger charge is -2.18. The van der Waals surface area contributed by atoms with Gasteiger partial charge in [-0.3, -0.25) is 4.79 Å². The zero-order chi connectivity index (χ0) is 23.4. The number of likely N-dealkylation sites (tertiary alicyclic amines) is 1. The van der Waals surface area contributed by atoms with Crippen LogP contribution in [0.1, 0.15) is 37.6 Å². The van der Waals surface area contributed by atoms with Gasteiger partial charge in [0.2, 0.25) is 5.91 Å². The van der Waals surface area contributed by atoms with Crippen LogP contribution in [0.3, 0.4) is 0 Å². The minimum Gasteiger partial charge on any atom is -0.490 e. The van der Waals surface area contributed by atoms with Crippen molar-refractivity contribution in [1.82, 2.24) is 15.0 Å². The number of rotatable bonds is 9. The Balaban J connectivity index is 1.44. The highest BCUT2D eigenvalue weighted by Crippen LogP contribution is 2.32. The third-order valence-corrected chi connectivity index (χ3v) is 5.63. The highest BCUT2D eigenvalue weighted by atomic mass is 16.5. The molecule has 2 aromatic carbocycles. The summed E-state index contributed by atoms with van der Waals surface area (Å²) in [5, 5.41) is 4.17. The second-order valence-electron chi connectivity index (χ2n) is 8.22. The molecule has 2 heterocycles. The summed E-state index contributed by atoms with van der Waals surface area (Å²) < 4.78 is 16.8. The van der Waals surface area contributed by atoms with Crippen LogP contribution < -0.4 is 14.4 Å². The molecule has 0 radical (unpaired) electrons. The van der Waals surface area contributed by atoms with Crippen molar-refractivity contribution in [3.05, 3.63) is 53.9 Å². The molecule has 1 aliphatic rings. The third kappa shape index (κ3) is 5.10. The van der Waals surface area contributed by atoms with Crippen LogP contribution in [-0.4, -0.2) is 54.8 Å². The van der Waals surface area contributed by atoms with Crippen molar-refractivity contribution in [2.24, 2.45) is 0 Å². The number of nitrogens with zero attached hydrogens (tertiary/aromatic N) is 4. The maximum absolute atomic E-state index is 12.7. The maximum atomic E-state index is 12.7. The van der Waals surface area contributed by atoms with Crippen molar-refractivity contribution in [2.45, 2.75) is 32.7 Å². The first-order chi connectivity index (χ1) is 16.0. The Bertz CT molecular complexity index is 1090. The molecular weight excluding hydrogens is 420 g/mol. The van der Waals surface area contributed by atoms with E-state index in [1.54, 1.807) is 0 Å². The van der Waals surface area contributed by atoms with Crippen LogP contribution in [-0.2, 0) is 11.3 Å². The molecule has 0 saturated carbocycles. The van der Waals surface area contributed by atoms with E-state index in [1.165, 1.54) is 0 Å². The zero-order valence-corrected chi connectivity index (χ0v) is 19.6. The van der Waals surface area contributed by atoms with Gasteiger partial charge in [-0.25, -0.2) is 0 Å². The van der Waals surface area contributed by atoms with Crippen molar-refractivity contribution in [1.29, 1.82) is 0 Å². The molecule has 8 heteroatoms. The summed E-state index contributed by atoms with van der Waals surface area (Å²) in [5.41, 5.74) is 2.95. The summed E-state index contributed by atoms with van der Waals surface area (Å²) in [4.78, 5) is 21.1. The Morgan fingerprint density at radius 1 is 1.06 bits per heavy atom. The number of benzene rings is 2. The average molecular weight is 451 g/mol. The summed E-state index contributed by atoms with van der Waals surface area (Å²) in [6, 6.07) is 13.7. The predicted molar refractivity (Wildman–Crippen MR) is 126 cm³/mol. The Kier molecular flexibility index (Phi) is 6.82. The van der Waals surface area contributed by atoms with Crippen LogP contribution in [0.2, 0.25) is 0 Å². The van der Waals surface area contributed by atoms with Crippen LogP contribution in [0.25, 0.3) is 11.5 Å². The number of carbonyl (C=O) groups excluding carboxylic acids is 1. The molecule has 1 atom stereocenters. The van der Waals surface area contributed by atoms with Gasteiger partial charge in [-0.1, -0.05) is 11.2 Å². The first-order valence-corrected chi connectivity index (χ1v) is 11.3. The van der Waals surface area contributed by atoms with Gasteiger partial charge in [-0.2, -0.15) is 4.98 Å². The van der Waals surface area contributed by atoms with E-state index in [4.69, 9.17) is 14.0 Å². The summed E-state index contributed by atoms with van der Waals surface area (Å²) in [5.74, 6) is 2.43. The van der Waals surface area contributed by atoms with E-state index in [9.17, 15) is 4.79 Å². The highest BCUT2D eigenvalue weighted by molar-refractivity contribution is 5.79. The van der Waals surface area contributed by atoms with Crippen molar-refractivity contribution in [3.63, 3.8) is 0 Å². The monoisotopic (exact) mass is 450 g/mol. The Morgan fingerprint density at radius 3 is 2.48 bits per heavy atom. The van der Waals surface area contributed by atoms with E-state index in [-0.39, 0.29) is 11.8 Å². The zero-order valence-electron chi connectivity index (χ0n) is 19.6. The van der Waals surface area contributed by atoms with E-state index in [0.717, 1.165) is 16.8 Å². The normalized spacial score (nSPS) is 15.7. The van der Waals surface area contributed by atoms with Crippen molar-refractivity contribution in [3.8, 4) is 23.0 Å². The van der Waals surface area contributed by atoms with E-state index in [0.29, 0.717) is 55.9 Å². The predicted octanol–water partition coefficient (Wildman–Crippen LogP) is 4.12. The number of carbonyl (C=O) groups is 1. The minimum absolute atomic E-state index is 0.0773. The second-order valence-corrected chi connectivity index (χ2v) is 8.22. The quantitative estimate of drug-likeness (QED) is 0.485. The number of amides is 1. The highest BCUT2D eigenvalue weighted by Gasteiger charge is 2.34. The molecule has 1 aromatic heterocycles. The number of aromatic nitrogens is 2. The van der Waals surface area contributed by atoms with Gasteiger partial charge in [-0.05, 0) is 55.8 Å². The van der Waals surface area contributed by atoms with Gasteiger partial charge >= 0.3 is 0 Å². The number of ether oxygens (including phenoxy) is 2. The Hall–Kier alpha value is -3.55. The third-order valence-electron chi connectivity index (χ3n) is 5.63. The molecule has 33 heavy (non-hydrogen) atoms. The van der Waals surface area contributed by atoms with Gasteiger partial charge in [0, 0.05) is 50.8 Å². The molecule has 1 aliphatic heterocycles. The standard InChI is InChI=1S/C25H30N4O4/c1-5-31-21-12-7-17(13-22(21)32-6-2)15-29-16-19(14-23(29)30)24-26-25(33-27-24)18-8-10-20(11-9-18)28(3)4/h7-13,19H,5-6,14-16H2,1-4H3. The second kappa shape index (κ2) is 9.94. The minimum atomic E-state index is -0.0925. The molecule has 1 amide bonds. The van der Waals surface area contributed by atoms with Gasteiger partial charge in [0.1, 0.15) is 0 Å². The lowest BCUT2D eigenvalue weighted by molar-refractivity contribution is -0.128. The lowest BCUT2D eigenvalue weighted by atomic mass is 10.1. The van der Waals surface area contributed by atoms with Crippen molar-refractivity contribution in [2.75, 3.05) is 38.8 Å². The van der Waals surface area contributed by atoms with Crippen LogP contribution in [0.4, 0.5) is 5.69 Å². The molecule has 0 aliphatic carbocycles. The topological polar surface area (TPSA) is 80.9 Å². The van der Waals surface area contributed by atoms with E-state index >= 15 is 0 Å². The van der Waals surface area contributed by atoms with E-state index < -0.39 is 0 Å². The van der Waals surface area contributed by atoms with Crippen LogP contribution in [0.5, 0.6) is 11.5 Å². The van der Waals surface area contributed by atoms with Gasteiger partial charge < -0.3 is 23.8 Å². The van der Waals surface area contributed by atoms with E-state index in [2.05, 4.69) is 10.1 Å². The van der Waals surface area contributed by atoms with E-state index in [1.807, 2.05) is 80.2 Å². The number of anilines is 1. The number of hydrogen-bond acceptors (Lipinski definition) is 7. The summed E-state index contributed by atoms with van der Waals surface area (Å²) in [6.45, 7) is 6.04. The molecular formula is C25H30N4O4. The fourth-order valence-electron chi connectivity index (χ4n) is 3.93. The summed E-state index contributed by atoms with van der Waals surface area (Å²) >= 11 is 0. The molecule has 0 spiro atoms. The number of hydrogen-bond donors (Lipinski definition) is 0. The average Bonchev–Trinajstić information content (AvgIpc) is 3.43.